The Kier molecular flexibility index (Phi) is 4.50. The Morgan fingerprint density at radius 3 is 2.47 bits per heavy atom. The second-order valence-electron chi connectivity index (χ2n) is 3.64. The van der Waals surface area contributed by atoms with Crippen LogP contribution in [0.25, 0.3) is 0 Å². The van der Waals surface area contributed by atoms with Crippen molar-refractivity contribution >= 4 is 38.6 Å². The monoisotopic (exact) mass is 369 g/mol. The van der Waals surface area contributed by atoms with E-state index in [4.69, 9.17) is 9.88 Å². The van der Waals surface area contributed by atoms with Gasteiger partial charge in [0.1, 0.15) is 0 Å². The Labute approximate surface area is 114 Å². The third-order valence-corrected chi connectivity index (χ3v) is 3.43. The van der Waals surface area contributed by atoms with Crippen LogP contribution < -0.4 is 5.14 Å². The Balaban J connectivity index is 3.30. The van der Waals surface area contributed by atoms with Gasteiger partial charge in [-0.1, -0.05) is 0 Å². The highest BCUT2D eigenvalue weighted by Crippen LogP contribution is 2.19. The van der Waals surface area contributed by atoms with E-state index in [1.54, 1.807) is 19.9 Å². The summed E-state index contributed by atoms with van der Waals surface area (Å²) in [6, 6.07) is 4.35. The number of esters is 1. The number of primary sulfonamides is 1. The molecule has 2 N–H and O–H groups in total. The number of benzene rings is 1. The first-order chi connectivity index (χ1) is 7.71. The van der Waals surface area contributed by atoms with Crippen molar-refractivity contribution in [3.63, 3.8) is 0 Å². The van der Waals surface area contributed by atoms with Gasteiger partial charge >= 0.3 is 5.97 Å². The fourth-order valence-corrected chi connectivity index (χ4v) is 2.63. The summed E-state index contributed by atoms with van der Waals surface area (Å²) in [4.78, 5) is 11.5. The molecule has 1 aromatic carbocycles. The van der Waals surface area contributed by atoms with Crippen LogP contribution in [0.3, 0.4) is 0 Å². The number of nitrogens with two attached hydrogens (primary N) is 1. The molecule has 7 heteroatoms. The molecule has 0 unspecified atom stereocenters. The van der Waals surface area contributed by atoms with E-state index in [1.165, 1.54) is 12.1 Å². The summed E-state index contributed by atoms with van der Waals surface area (Å²) in [5.41, 5.74) is -0.0402. The minimum absolute atomic E-state index is 0.0402. The van der Waals surface area contributed by atoms with Crippen molar-refractivity contribution in [3.8, 4) is 0 Å². The lowest BCUT2D eigenvalue weighted by molar-refractivity contribution is 0.0373. The van der Waals surface area contributed by atoms with Gasteiger partial charge in [0.25, 0.3) is 0 Å². The second kappa shape index (κ2) is 5.32. The zero-order valence-corrected chi connectivity index (χ0v) is 12.3. The summed E-state index contributed by atoms with van der Waals surface area (Å²) in [5, 5.41) is 5.06. The Bertz CT molecular complexity index is 539. The number of rotatable bonds is 3. The van der Waals surface area contributed by atoms with E-state index in [-0.39, 0.29) is 16.6 Å². The maximum atomic E-state index is 11.7. The van der Waals surface area contributed by atoms with Crippen LogP contribution in [0, 0.1) is 3.57 Å². The number of halogens is 1. The van der Waals surface area contributed by atoms with Crippen molar-refractivity contribution in [2.45, 2.75) is 24.8 Å². The molecule has 0 aliphatic heterocycles. The molecule has 0 amide bonds. The van der Waals surface area contributed by atoms with E-state index in [0.29, 0.717) is 3.57 Å². The summed E-state index contributed by atoms with van der Waals surface area (Å²) >= 11 is 1.94. The van der Waals surface area contributed by atoms with Crippen molar-refractivity contribution in [2.75, 3.05) is 0 Å². The average molecular weight is 369 g/mol. The van der Waals surface area contributed by atoms with Gasteiger partial charge in [-0.05, 0) is 54.6 Å². The summed E-state index contributed by atoms with van der Waals surface area (Å²) in [6.07, 6.45) is -0.324. The Morgan fingerprint density at radius 2 is 2.00 bits per heavy atom. The molecule has 0 heterocycles. The number of carbonyl (C=O) groups excluding carboxylic acids is 1. The van der Waals surface area contributed by atoms with Crippen molar-refractivity contribution in [2.24, 2.45) is 5.14 Å². The molecule has 1 rings (SSSR count). The van der Waals surface area contributed by atoms with E-state index in [1.807, 2.05) is 22.6 Å². The minimum atomic E-state index is -3.94. The zero-order chi connectivity index (χ0) is 13.2. The number of carbonyl (C=O) groups is 1. The van der Waals surface area contributed by atoms with Gasteiger partial charge in [0.05, 0.1) is 16.6 Å². The van der Waals surface area contributed by atoms with Gasteiger partial charge in [0.15, 0.2) is 0 Å². The molecule has 0 radical (unpaired) electrons. The normalized spacial score (nSPS) is 11.6. The molecule has 94 valence electrons. The van der Waals surface area contributed by atoms with E-state index in [9.17, 15) is 13.2 Å². The highest BCUT2D eigenvalue weighted by molar-refractivity contribution is 14.1. The van der Waals surface area contributed by atoms with Crippen molar-refractivity contribution in [1.29, 1.82) is 0 Å². The molecule has 0 aliphatic carbocycles. The van der Waals surface area contributed by atoms with Crippen molar-refractivity contribution in [1.82, 2.24) is 0 Å². The average Bonchev–Trinajstić information content (AvgIpc) is 2.14. The molecule has 0 aromatic heterocycles. The molecule has 0 atom stereocenters. The molecular weight excluding hydrogens is 357 g/mol. The van der Waals surface area contributed by atoms with Gasteiger partial charge in [-0.25, -0.2) is 18.4 Å². The molecular formula is C10H12INO4S. The van der Waals surface area contributed by atoms with Crippen LogP contribution >= 0.6 is 22.6 Å². The topological polar surface area (TPSA) is 86.5 Å². The molecule has 0 saturated carbocycles. The van der Waals surface area contributed by atoms with Crippen LogP contribution in [0.4, 0.5) is 0 Å². The highest BCUT2D eigenvalue weighted by Gasteiger charge is 2.21. The lowest BCUT2D eigenvalue weighted by Gasteiger charge is -2.10. The van der Waals surface area contributed by atoms with Crippen LogP contribution in [-0.2, 0) is 14.8 Å². The number of ether oxygens (including phenoxy) is 1. The summed E-state index contributed by atoms with van der Waals surface area (Å²) in [5.74, 6) is -0.694. The molecule has 0 fully saturated rings. The smallest absolute Gasteiger partial charge is 0.339 e. The maximum absolute atomic E-state index is 11.7. The van der Waals surface area contributed by atoms with Gasteiger partial charge in [-0.2, -0.15) is 0 Å². The highest BCUT2D eigenvalue weighted by atomic mass is 127. The van der Waals surface area contributed by atoms with Gasteiger partial charge < -0.3 is 4.74 Å². The molecule has 1 aromatic rings. The Hall–Kier alpha value is -0.670. The summed E-state index contributed by atoms with van der Waals surface area (Å²) < 4.78 is 28.4. The lowest BCUT2D eigenvalue weighted by atomic mass is 10.2. The number of hydrogen-bond acceptors (Lipinski definition) is 4. The molecule has 5 nitrogen and oxygen atoms in total. The standard InChI is InChI=1S/C10H12INO4S/c1-6(2)16-10(13)8-4-3-7(11)5-9(8)17(12,14)15/h3-6H,1-2H3,(H2,12,14,15). The van der Waals surface area contributed by atoms with Crippen LogP contribution in [0.1, 0.15) is 24.2 Å². The van der Waals surface area contributed by atoms with Crippen LogP contribution in [0.2, 0.25) is 0 Å². The van der Waals surface area contributed by atoms with Crippen LogP contribution in [0.15, 0.2) is 23.1 Å². The molecule has 0 bridgehead atoms. The first-order valence-electron chi connectivity index (χ1n) is 4.75. The lowest BCUT2D eigenvalue weighted by Crippen LogP contribution is -2.19. The van der Waals surface area contributed by atoms with Crippen molar-refractivity contribution < 1.29 is 17.9 Å². The van der Waals surface area contributed by atoms with E-state index in [2.05, 4.69) is 0 Å². The van der Waals surface area contributed by atoms with Gasteiger partial charge in [0, 0.05) is 3.57 Å². The van der Waals surface area contributed by atoms with E-state index in [0.717, 1.165) is 0 Å². The predicted octanol–water partition coefficient (Wildman–Crippen LogP) is 1.50. The third-order valence-electron chi connectivity index (χ3n) is 1.81. The first kappa shape index (κ1) is 14.4. The van der Waals surface area contributed by atoms with Gasteiger partial charge in [-0.15, -0.1) is 0 Å². The zero-order valence-electron chi connectivity index (χ0n) is 9.31. The molecule has 0 aliphatic rings. The second-order valence-corrected chi connectivity index (χ2v) is 6.42. The minimum Gasteiger partial charge on any atom is -0.459 e. The predicted molar refractivity (Wildman–Crippen MR) is 71.1 cm³/mol. The van der Waals surface area contributed by atoms with Crippen LogP contribution in [-0.4, -0.2) is 20.5 Å². The quantitative estimate of drug-likeness (QED) is 0.646. The molecule has 17 heavy (non-hydrogen) atoms. The Morgan fingerprint density at radius 1 is 1.41 bits per heavy atom. The fourth-order valence-electron chi connectivity index (χ4n) is 1.18. The first-order valence-corrected chi connectivity index (χ1v) is 7.37. The molecule has 0 saturated heterocycles. The molecule has 0 spiro atoms. The van der Waals surface area contributed by atoms with Gasteiger partial charge in [0.2, 0.25) is 10.0 Å². The largest absolute Gasteiger partial charge is 0.459 e. The van der Waals surface area contributed by atoms with Crippen molar-refractivity contribution in [3.05, 3.63) is 27.3 Å². The van der Waals surface area contributed by atoms with E-state index >= 15 is 0 Å². The fraction of sp³-hybridized carbons (Fsp3) is 0.300. The van der Waals surface area contributed by atoms with E-state index < -0.39 is 16.0 Å². The maximum Gasteiger partial charge on any atom is 0.339 e. The number of sulfonamides is 1. The number of hydrogen-bond donors (Lipinski definition) is 1. The summed E-state index contributed by atoms with van der Waals surface area (Å²) in [6.45, 7) is 3.36. The van der Waals surface area contributed by atoms with Gasteiger partial charge in [-0.3, -0.25) is 0 Å². The summed E-state index contributed by atoms with van der Waals surface area (Å²) in [7, 11) is -3.94. The van der Waals surface area contributed by atoms with Crippen LogP contribution in [0.5, 0.6) is 0 Å². The SMILES string of the molecule is CC(C)OC(=O)c1ccc(I)cc1S(N)(=O)=O. The third kappa shape index (κ3) is 3.93.